The highest BCUT2D eigenvalue weighted by atomic mass is 32.1. The highest BCUT2D eigenvalue weighted by Gasteiger charge is 2.17. The number of carbonyl (C=O) groups excluding carboxylic acids is 1. The molecule has 0 saturated carbocycles. The average molecular weight is 448 g/mol. The number of aromatic nitrogens is 2. The van der Waals surface area contributed by atoms with E-state index in [0.29, 0.717) is 22.2 Å². The molecule has 3 heterocycles. The number of fused-ring (bicyclic) bond motifs is 2. The second-order valence-electron chi connectivity index (χ2n) is 6.70. The van der Waals surface area contributed by atoms with Gasteiger partial charge >= 0.3 is 0 Å². The first-order chi connectivity index (χ1) is 15.2. The number of benzene rings is 2. The molecule has 0 bridgehead atoms. The van der Waals surface area contributed by atoms with Crippen LogP contribution in [0.25, 0.3) is 31.7 Å². The summed E-state index contributed by atoms with van der Waals surface area (Å²) in [7, 11) is 3.17. The third kappa shape index (κ3) is 3.60. The monoisotopic (exact) mass is 447 g/mol. The summed E-state index contributed by atoms with van der Waals surface area (Å²) in [5, 5.41) is 6.25. The van der Waals surface area contributed by atoms with Crippen molar-refractivity contribution < 1.29 is 14.3 Å². The fraction of sp³-hybridized carbons (Fsp3) is 0.0870. The van der Waals surface area contributed by atoms with Gasteiger partial charge in [0.2, 0.25) is 0 Å². The first-order valence-electron chi connectivity index (χ1n) is 9.44. The molecule has 5 rings (SSSR count). The Labute approximate surface area is 186 Å². The Kier molecular flexibility index (Phi) is 5.01. The molecule has 6 nitrogen and oxygen atoms in total. The molecule has 0 aliphatic carbocycles. The zero-order chi connectivity index (χ0) is 21.4. The number of nitrogens with one attached hydrogen (secondary N) is 1. The van der Waals surface area contributed by atoms with Crippen molar-refractivity contribution in [1.29, 1.82) is 0 Å². The lowest BCUT2D eigenvalue weighted by Gasteiger charge is -2.08. The van der Waals surface area contributed by atoms with E-state index >= 15 is 0 Å². The lowest BCUT2D eigenvalue weighted by molar-refractivity contribution is 0.102. The SMILES string of the molecule is COc1cc2nc(NC(=O)c3cc(-c4cccs4)nc4ccccc34)sc2cc1OC. The minimum atomic E-state index is -0.227. The Balaban J connectivity index is 1.54. The summed E-state index contributed by atoms with van der Waals surface area (Å²) >= 11 is 2.97. The lowest BCUT2D eigenvalue weighted by Crippen LogP contribution is -2.12. The van der Waals surface area contributed by atoms with E-state index in [2.05, 4.69) is 10.3 Å². The standard InChI is InChI=1S/C23H17N3O3S2/c1-28-18-11-17-21(12-19(18)29-2)31-23(25-17)26-22(27)14-10-16(20-8-5-9-30-20)24-15-7-4-3-6-13(14)15/h3-12H,1-2H3,(H,25,26,27). The summed E-state index contributed by atoms with van der Waals surface area (Å²) in [6.07, 6.45) is 0. The molecule has 1 amide bonds. The molecule has 0 fully saturated rings. The molecule has 31 heavy (non-hydrogen) atoms. The number of pyridine rings is 1. The molecule has 0 unspecified atom stereocenters. The predicted molar refractivity (Wildman–Crippen MR) is 126 cm³/mol. The molecule has 0 aliphatic rings. The summed E-state index contributed by atoms with van der Waals surface area (Å²) < 4.78 is 11.6. The molecule has 0 atom stereocenters. The van der Waals surface area contributed by atoms with Gasteiger partial charge in [-0.3, -0.25) is 10.1 Å². The van der Waals surface area contributed by atoms with Gasteiger partial charge in [-0.1, -0.05) is 35.6 Å². The average Bonchev–Trinajstić information content (AvgIpc) is 3.46. The van der Waals surface area contributed by atoms with E-state index < -0.39 is 0 Å². The number of ether oxygens (including phenoxy) is 2. The quantitative estimate of drug-likeness (QED) is 0.366. The largest absolute Gasteiger partial charge is 0.493 e. The summed E-state index contributed by atoms with van der Waals surface area (Å²) in [4.78, 5) is 23.6. The van der Waals surface area contributed by atoms with Crippen LogP contribution in [-0.4, -0.2) is 30.1 Å². The van der Waals surface area contributed by atoms with E-state index in [1.165, 1.54) is 11.3 Å². The van der Waals surface area contributed by atoms with Gasteiger partial charge in [0.25, 0.3) is 5.91 Å². The van der Waals surface area contributed by atoms with Crippen LogP contribution in [0.4, 0.5) is 5.13 Å². The number of hydrogen-bond donors (Lipinski definition) is 1. The number of nitrogens with zero attached hydrogens (tertiary/aromatic N) is 2. The van der Waals surface area contributed by atoms with Crippen LogP contribution in [0, 0.1) is 0 Å². The zero-order valence-corrected chi connectivity index (χ0v) is 18.3. The number of anilines is 1. The molecule has 0 spiro atoms. The molecule has 2 aromatic carbocycles. The van der Waals surface area contributed by atoms with Crippen LogP contribution >= 0.6 is 22.7 Å². The Hall–Kier alpha value is -3.49. The highest BCUT2D eigenvalue weighted by molar-refractivity contribution is 7.22. The van der Waals surface area contributed by atoms with Gasteiger partial charge in [0.1, 0.15) is 0 Å². The predicted octanol–water partition coefficient (Wildman–Crippen LogP) is 5.84. The molecule has 3 aromatic heterocycles. The maximum Gasteiger partial charge on any atom is 0.258 e. The molecular weight excluding hydrogens is 430 g/mol. The minimum Gasteiger partial charge on any atom is -0.493 e. The van der Waals surface area contributed by atoms with E-state index in [9.17, 15) is 4.79 Å². The van der Waals surface area contributed by atoms with Gasteiger partial charge in [0, 0.05) is 17.5 Å². The molecule has 0 saturated heterocycles. The smallest absolute Gasteiger partial charge is 0.258 e. The molecular formula is C23H17N3O3S2. The van der Waals surface area contributed by atoms with Crippen LogP contribution in [0.15, 0.2) is 60.0 Å². The molecule has 0 aliphatic heterocycles. The zero-order valence-electron chi connectivity index (χ0n) is 16.7. The Morgan fingerprint density at radius 1 is 0.935 bits per heavy atom. The van der Waals surface area contributed by atoms with Gasteiger partial charge in [0.05, 0.1) is 46.1 Å². The van der Waals surface area contributed by atoms with Crippen LogP contribution in [0.5, 0.6) is 11.5 Å². The van der Waals surface area contributed by atoms with Crippen molar-refractivity contribution in [2.75, 3.05) is 19.5 Å². The Morgan fingerprint density at radius 2 is 1.74 bits per heavy atom. The van der Waals surface area contributed by atoms with Crippen LogP contribution in [0.2, 0.25) is 0 Å². The van der Waals surface area contributed by atoms with E-state index in [1.807, 2.05) is 53.9 Å². The van der Waals surface area contributed by atoms with E-state index in [4.69, 9.17) is 14.5 Å². The van der Waals surface area contributed by atoms with E-state index in [-0.39, 0.29) is 5.91 Å². The van der Waals surface area contributed by atoms with Crippen molar-refractivity contribution in [3.05, 3.63) is 65.5 Å². The number of para-hydroxylation sites is 1. The summed E-state index contributed by atoms with van der Waals surface area (Å²) in [5.41, 5.74) is 2.84. The summed E-state index contributed by atoms with van der Waals surface area (Å²) in [6.45, 7) is 0. The van der Waals surface area contributed by atoms with Gasteiger partial charge in [0.15, 0.2) is 16.6 Å². The number of amides is 1. The number of methoxy groups -OCH3 is 2. The first kappa shape index (κ1) is 19.5. The lowest BCUT2D eigenvalue weighted by atomic mass is 10.1. The fourth-order valence-electron chi connectivity index (χ4n) is 3.39. The minimum absolute atomic E-state index is 0.227. The number of carbonyl (C=O) groups is 1. The number of thiophene rings is 1. The van der Waals surface area contributed by atoms with Gasteiger partial charge < -0.3 is 9.47 Å². The van der Waals surface area contributed by atoms with Crippen LogP contribution in [-0.2, 0) is 0 Å². The normalized spacial score (nSPS) is 11.0. The Bertz CT molecular complexity index is 1370. The van der Waals surface area contributed by atoms with Gasteiger partial charge in [-0.15, -0.1) is 11.3 Å². The first-order valence-corrected chi connectivity index (χ1v) is 11.1. The van der Waals surface area contributed by atoms with Crippen molar-refractivity contribution in [3.8, 4) is 22.1 Å². The second kappa shape index (κ2) is 7.98. The van der Waals surface area contributed by atoms with Crippen molar-refractivity contribution in [2.24, 2.45) is 0 Å². The van der Waals surface area contributed by atoms with Crippen molar-refractivity contribution in [1.82, 2.24) is 9.97 Å². The third-order valence-corrected chi connectivity index (χ3v) is 6.67. The maximum absolute atomic E-state index is 13.3. The van der Waals surface area contributed by atoms with E-state index in [1.54, 1.807) is 31.6 Å². The molecule has 0 radical (unpaired) electrons. The van der Waals surface area contributed by atoms with Crippen molar-refractivity contribution in [3.63, 3.8) is 0 Å². The third-order valence-electron chi connectivity index (χ3n) is 4.85. The fourth-order valence-corrected chi connectivity index (χ4v) is 4.94. The molecule has 5 aromatic rings. The van der Waals surface area contributed by atoms with Crippen LogP contribution < -0.4 is 14.8 Å². The second-order valence-corrected chi connectivity index (χ2v) is 8.68. The van der Waals surface area contributed by atoms with Crippen LogP contribution in [0.1, 0.15) is 10.4 Å². The molecule has 1 N–H and O–H groups in total. The maximum atomic E-state index is 13.3. The number of thiazole rings is 1. The van der Waals surface area contributed by atoms with Crippen LogP contribution in [0.3, 0.4) is 0 Å². The Morgan fingerprint density at radius 3 is 2.52 bits per heavy atom. The van der Waals surface area contributed by atoms with Gasteiger partial charge in [-0.2, -0.15) is 0 Å². The van der Waals surface area contributed by atoms with Gasteiger partial charge in [-0.05, 0) is 23.6 Å². The molecule has 154 valence electrons. The number of hydrogen-bond acceptors (Lipinski definition) is 7. The highest BCUT2D eigenvalue weighted by Crippen LogP contribution is 2.36. The van der Waals surface area contributed by atoms with Crippen molar-refractivity contribution in [2.45, 2.75) is 0 Å². The number of rotatable bonds is 5. The topological polar surface area (TPSA) is 73.3 Å². The summed E-state index contributed by atoms with van der Waals surface area (Å²) in [5.74, 6) is 0.991. The molecule has 8 heteroatoms. The van der Waals surface area contributed by atoms with Crippen molar-refractivity contribution >= 4 is 54.8 Å². The van der Waals surface area contributed by atoms with E-state index in [0.717, 1.165) is 31.7 Å². The van der Waals surface area contributed by atoms with Gasteiger partial charge in [-0.25, -0.2) is 9.97 Å². The summed E-state index contributed by atoms with van der Waals surface area (Å²) in [6, 6.07) is 17.1.